The molecule has 1 aliphatic carbocycles. The number of carbonyl (C=O) groups excluding carboxylic acids is 1. The molecule has 0 fully saturated rings. The number of aldehydes is 1. The highest BCUT2D eigenvalue weighted by molar-refractivity contribution is 5.49. The van der Waals surface area contributed by atoms with Gasteiger partial charge in [0.2, 0.25) is 0 Å². The van der Waals surface area contributed by atoms with Crippen molar-refractivity contribution in [1.82, 2.24) is 0 Å². The van der Waals surface area contributed by atoms with Gasteiger partial charge in [-0.25, -0.2) is 0 Å². The molecule has 0 aliphatic heterocycles. The fourth-order valence-corrected chi connectivity index (χ4v) is 1.99. The molecule has 0 saturated carbocycles. The topological polar surface area (TPSA) is 109 Å². The van der Waals surface area contributed by atoms with E-state index in [1.165, 1.54) is 0 Å². The van der Waals surface area contributed by atoms with Gasteiger partial charge >= 0.3 is 0 Å². The highest BCUT2D eigenvalue weighted by Gasteiger charge is 2.32. The van der Waals surface area contributed by atoms with Crippen LogP contribution in [0.4, 0.5) is 0 Å². The van der Waals surface area contributed by atoms with E-state index in [-0.39, 0.29) is 5.70 Å². The maximum absolute atomic E-state index is 11.1. The molecular formula is C11H14N4O3. The van der Waals surface area contributed by atoms with Crippen molar-refractivity contribution in [2.75, 3.05) is 0 Å². The number of rotatable bonds is 6. The lowest BCUT2D eigenvalue weighted by Crippen LogP contribution is -2.24. The summed E-state index contributed by atoms with van der Waals surface area (Å²) in [7, 11) is 0. The number of allylic oxidation sites excluding steroid dienone is 2. The van der Waals surface area contributed by atoms with Crippen LogP contribution in [0.1, 0.15) is 26.2 Å². The van der Waals surface area contributed by atoms with Gasteiger partial charge in [-0.15, -0.1) is 0 Å². The summed E-state index contributed by atoms with van der Waals surface area (Å²) in [6, 6.07) is -0.523. The number of hydrogen-bond donors (Lipinski definition) is 0. The Balaban J connectivity index is 2.96. The van der Waals surface area contributed by atoms with Crippen molar-refractivity contribution in [3.8, 4) is 0 Å². The van der Waals surface area contributed by atoms with Crippen molar-refractivity contribution >= 4 is 6.29 Å². The second-order valence-corrected chi connectivity index (χ2v) is 4.07. The van der Waals surface area contributed by atoms with Gasteiger partial charge in [-0.3, -0.25) is 10.1 Å². The van der Waals surface area contributed by atoms with Crippen LogP contribution >= 0.6 is 0 Å². The van der Waals surface area contributed by atoms with E-state index in [9.17, 15) is 14.9 Å². The van der Waals surface area contributed by atoms with Crippen LogP contribution in [0.15, 0.2) is 28.5 Å². The Morgan fingerprint density at radius 1 is 1.67 bits per heavy atom. The molecule has 0 heterocycles. The largest absolute Gasteiger partial charge is 0.303 e. The average Bonchev–Trinajstić information content (AvgIpc) is 2.32. The third kappa shape index (κ3) is 3.18. The molecule has 0 amide bonds. The minimum Gasteiger partial charge on any atom is -0.303 e. The van der Waals surface area contributed by atoms with E-state index in [1.54, 1.807) is 19.1 Å². The fraction of sp³-hybridized carbons (Fsp3) is 0.545. The molecular weight excluding hydrogens is 236 g/mol. The molecule has 96 valence electrons. The third-order valence-corrected chi connectivity index (χ3v) is 2.92. The van der Waals surface area contributed by atoms with Crippen LogP contribution in [0, 0.1) is 16.0 Å². The quantitative estimate of drug-likeness (QED) is 0.137. The summed E-state index contributed by atoms with van der Waals surface area (Å²) in [5.41, 5.74) is 9.09. The SMILES string of the molecule is CC1C([N+](=O)[O-])=C(CCCC=O)C=CC1N=[N+]=[N-]. The molecule has 7 heteroatoms. The number of nitro groups is 1. The monoisotopic (exact) mass is 250 g/mol. The van der Waals surface area contributed by atoms with E-state index in [1.807, 2.05) is 0 Å². The van der Waals surface area contributed by atoms with Gasteiger partial charge < -0.3 is 4.79 Å². The molecule has 2 atom stereocenters. The Bertz CT molecular complexity index is 449. The summed E-state index contributed by atoms with van der Waals surface area (Å²) in [5, 5.41) is 14.6. The summed E-state index contributed by atoms with van der Waals surface area (Å²) >= 11 is 0. The first kappa shape index (κ1) is 13.9. The van der Waals surface area contributed by atoms with Crippen LogP contribution in [-0.2, 0) is 4.79 Å². The molecule has 7 nitrogen and oxygen atoms in total. The van der Waals surface area contributed by atoms with Gasteiger partial charge in [0.25, 0.3) is 5.70 Å². The molecule has 0 aromatic heterocycles. The van der Waals surface area contributed by atoms with Crippen LogP contribution in [0.2, 0.25) is 0 Å². The number of nitrogens with zero attached hydrogens (tertiary/aromatic N) is 4. The molecule has 0 aromatic carbocycles. The van der Waals surface area contributed by atoms with Gasteiger partial charge in [-0.1, -0.05) is 24.2 Å². The standard InChI is InChI=1S/C11H14N4O3/c1-8-10(13-14-12)6-5-9(4-2-3-7-16)11(8)15(17)18/h5-8,10H,2-4H2,1H3. The van der Waals surface area contributed by atoms with Crippen molar-refractivity contribution in [3.63, 3.8) is 0 Å². The Hall–Kier alpha value is -2.14. The minimum absolute atomic E-state index is 0.0841. The maximum Gasteiger partial charge on any atom is 0.252 e. The zero-order valence-corrected chi connectivity index (χ0v) is 10.0. The Morgan fingerprint density at radius 3 is 2.94 bits per heavy atom. The Labute approximate surface area is 104 Å². The zero-order chi connectivity index (χ0) is 13.5. The predicted octanol–water partition coefficient (Wildman–Crippen LogP) is 2.77. The van der Waals surface area contributed by atoms with Crippen molar-refractivity contribution in [3.05, 3.63) is 44.0 Å². The second kappa shape index (κ2) is 6.56. The third-order valence-electron chi connectivity index (χ3n) is 2.92. The Morgan fingerprint density at radius 2 is 2.39 bits per heavy atom. The molecule has 0 spiro atoms. The summed E-state index contributed by atoms with van der Waals surface area (Å²) in [5.74, 6) is -0.452. The minimum atomic E-state index is -0.523. The van der Waals surface area contributed by atoms with Gasteiger partial charge in [-0.2, -0.15) is 0 Å². The van der Waals surface area contributed by atoms with Crippen LogP contribution in [0.5, 0.6) is 0 Å². The smallest absolute Gasteiger partial charge is 0.252 e. The van der Waals surface area contributed by atoms with Crippen molar-refractivity contribution < 1.29 is 9.72 Å². The molecule has 1 aliphatic rings. The van der Waals surface area contributed by atoms with Crippen molar-refractivity contribution in [2.24, 2.45) is 11.0 Å². The van der Waals surface area contributed by atoms with Crippen LogP contribution in [0.25, 0.3) is 10.4 Å². The maximum atomic E-state index is 11.1. The van der Waals surface area contributed by atoms with E-state index in [0.717, 1.165) is 6.29 Å². The van der Waals surface area contributed by atoms with Crippen molar-refractivity contribution in [1.29, 1.82) is 0 Å². The first-order valence-electron chi connectivity index (χ1n) is 5.65. The number of hydrogen-bond acceptors (Lipinski definition) is 4. The highest BCUT2D eigenvalue weighted by Crippen LogP contribution is 2.30. The summed E-state index contributed by atoms with van der Waals surface area (Å²) in [6.07, 6.45) is 5.55. The first-order chi connectivity index (χ1) is 8.61. The van der Waals surface area contributed by atoms with Crippen LogP contribution < -0.4 is 0 Å². The molecule has 2 unspecified atom stereocenters. The van der Waals surface area contributed by atoms with Gasteiger partial charge in [0.05, 0.1) is 16.9 Å². The van der Waals surface area contributed by atoms with E-state index in [2.05, 4.69) is 10.0 Å². The molecule has 0 radical (unpaired) electrons. The van der Waals surface area contributed by atoms with Gasteiger partial charge in [0.1, 0.15) is 6.29 Å². The number of azide groups is 1. The highest BCUT2D eigenvalue weighted by atomic mass is 16.6. The molecule has 0 N–H and O–H groups in total. The number of carbonyl (C=O) groups is 1. The van der Waals surface area contributed by atoms with Gasteiger partial charge in [-0.05, 0) is 18.4 Å². The normalized spacial score (nSPS) is 22.5. The predicted molar refractivity (Wildman–Crippen MR) is 65.2 cm³/mol. The lowest BCUT2D eigenvalue weighted by Gasteiger charge is -2.20. The molecule has 1 rings (SSSR count). The average molecular weight is 250 g/mol. The van der Waals surface area contributed by atoms with Crippen molar-refractivity contribution in [2.45, 2.75) is 32.2 Å². The number of unbranched alkanes of at least 4 members (excludes halogenated alkanes) is 1. The fourth-order valence-electron chi connectivity index (χ4n) is 1.99. The molecule has 0 aromatic rings. The Kier molecular flexibility index (Phi) is 5.07. The summed E-state index contributed by atoms with van der Waals surface area (Å²) < 4.78 is 0. The molecule has 18 heavy (non-hydrogen) atoms. The zero-order valence-electron chi connectivity index (χ0n) is 10.0. The first-order valence-corrected chi connectivity index (χ1v) is 5.65. The van der Waals surface area contributed by atoms with Gasteiger partial charge in [0.15, 0.2) is 0 Å². The van der Waals surface area contributed by atoms with Gasteiger partial charge in [0, 0.05) is 16.9 Å². The van der Waals surface area contributed by atoms with E-state index < -0.39 is 16.9 Å². The lowest BCUT2D eigenvalue weighted by atomic mass is 9.88. The van der Waals surface area contributed by atoms with Crippen LogP contribution in [-0.4, -0.2) is 17.3 Å². The summed E-state index contributed by atoms with van der Waals surface area (Å²) in [6.45, 7) is 1.67. The van der Waals surface area contributed by atoms with E-state index in [4.69, 9.17) is 5.53 Å². The van der Waals surface area contributed by atoms with E-state index >= 15 is 0 Å². The van der Waals surface area contributed by atoms with Crippen LogP contribution in [0.3, 0.4) is 0 Å². The lowest BCUT2D eigenvalue weighted by molar-refractivity contribution is -0.435. The molecule has 0 bridgehead atoms. The molecule has 0 saturated heterocycles. The van der Waals surface area contributed by atoms with E-state index in [0.29, 0.717) is 24.8 Å². The summed E-state index contributed by atoms with van der Waals surface area (Å²) in [4.78, 5) is 23.6. The second-order valence-electron chi connectivity index (χ2n) is 4.07.